The first-order chi connectivity index (χ1) is 4.97. The summed E-state index contributed by atoms with van der Waals surface area (Å²) in [6.07, 6.45) is 5.18. The van der Waals surface area contributed by atoms with E-state index in [0.717, 1.165) is 19.8 Å². The zero-order valence-corrected chi connectivity index (χ0v) is 5.72. The molecule has 0 amide bonds. The highest BCUT2D eigenvalue weighted by Crippen LogP contribution is 2.17. The molecule has 2 heteroatoms. The van der Waals surface area contributed by atoms with E-state index in [1.54, 1.807) is 0 Å². The van der Waals surface area contributed by atoms with E-state index in [2.05, 4.69) is 12.2 Å². The highest BCUT2D eigenvalue weighted by molar-refractivity contribution is 5.33. The second-order valence-corrected chi connectivity index (χ2v) is 2.39. The van der Waals surface area contributed by atoms with Crippen molar-refractivity contribution in [1.82, 2.24) is 0 Å². The van der Waals surface area contributed by atoms with Crippen LogP contribution in [0.5, 0.6) is 0 Å². The predicted molar refractivity (Wildman–Crippen MR) is 36.5 cm³/mol. The summed E-state index contributed by atoms with van der Waals surface area (Å²) in [5, 5.41) is 0. The Balaban J connectivity index is 2.25. The first-order valence-electron chi connectivity index (χ1n) is 3.41. The molecule has 0 aromatic carbocycles. The van der Waals surface area contributed by atoms with Crippen LogP contribution >= 0.6 is 0 Å². The molecule has 52 valence electrons. The van der Waals surface area contributed by atoms with Crippen LogP contribution in [0.1, 0.15) is 0 Å². The van der Waals surface area contributed by atoms with Crippen LogP contribution < -0.4 is 0 Å². The van der Waals surface area contributed by atoms with Crippen LogP contribution in [0.15, 0.2) is 17.2 Å². The van der Waals surface area contributed by atoms with Crippen molar-refractivity contribution in [3.63, 3.8) is 0 Å². The van der Waals surface area contributed by atoms with E-state index in [9.17, 15) is 0 Å². The smallest absolute Gasteiger partial charge is 0.200 e. The topological polar surface area (TPSA) is 18.5 Å². The number of fused-ring (bicyclic) bond motifs is 1. The molecule has 0 aliphatic carbocycles. The lowest BCUT2D eigenvalue weighted by molar-refractivity contribution is 0.142. The molecule has 2 rings (SSSR count). The van der Waals surface area contributed by atoms with Crippen LogP contribution in [0.2, 0.25) is 0 Å². The van der Waals surface area contributed by atoms with Crippen LogP contribution in [0.25, 0.3) is 0 Å². The SMILES string of the molecule is [C+]1=C2COCC=C2COC1. The lowest BCUT2D eigenvalue weighted by atomic mass is 10.0. The van der Waals surface area contributed by atoms with Gasteiger partial charge in [0.1, 0.15) is 24.9 Å². The van der Waals surface area contributed by atoms with Gasteiger partial charge in [0, 0.05) is 6.08 Å². The fourth-order valence-corrected chi connectivity index (χ4v) is 1.15. The Morgan fingerprint density at radius 2 is 2.30 bits per heavy atom. The molecule has 0 bridgehead atoms. The minimum absolute atomic E-state index is 0.621. The molecule has 0 aromatic rings. The molecule has 0 atom stereocenters. The van der Waals surface area contributed by atoms with Crippen LogP contribution in [0, 0.1) is 6.08 Å². The van der Waals surface area contributed by atoms with Gasteiger partial charge in [0.2, 0.25) is 0 Å². The molecule has 0 N–H and O–H groups in total. The van der Waals surface area contributed by atoms with Crippen LogP contribution in [-0.4, -0.2) is 26.4 Å². The van der Waals surface area contributed by atoms with E-state index in [4.69, 9.17) is 9.47 Å². The molecule has 0 aromatic heterocycles. The standard InChI is InChI=1S/C8H9O2/c1-3-9-6-8-2-4-10-5-7(1)8/h1H,3-6H2/q+1. The Labute approximate surface area is 60.1 Å². The van der Waals surface area contributed by atoms with Gasteiger partial charge in [-0.1, -0.05) is 0 Å². The first-order valence-corrected chi connectivity index (χ1v) is 3.41. The third kappa shape index (κ3) is 0.971. The van der Waals surface area contributed by atoms with Gasteiger partial charge in [0.25, 0.3) is 0 Å². The van der Waals surface area contributed by atoms with Gasteiger partial charge in [-0.15, -0.1) is 0 Å². The van der Waals surface area contributed by atoms with Gasteiger partial charge in [-0.3, -0.25) is 0 Å². The van der Waals surface area contributed by atoms with Gasteiger partial charge in [0.15, 0.2) is 12.2 Å². The van der Waals surface area contributed by atoms with Crippen molar-refractivity contribution in [1.29, 1.82) is 0 Å². The molecule has 0 spiro atoms. The molecular weight excluding hydrogens is 128 g/mol. The average molecular weight is 137 g/mol. The number of hydrogen-bond donors (Lipinski definition) is 0. The monoisotopic (exact) mass is 137 g/mol. The third-order valence-electron chi connectivity index (χ3n) is 1.73. The largest absolute Gasteiger partial charge is 0.366 e. The Hall–Kier alpha value is -0.690. The summed E-state index contributed by atoms with van der Waals surface area (Å²) in [7, 11) is 0. The van der Waals surface area contributed by atoms with Gasteiger partial charge in [-0.25, -0.2) is 0 Å². The van der Waals surface area contributed by atoms with E-state index in [0.29, 0.717) is 6.61 Å². The molecule has 0 unspecified atom stereocenters. The van der Waals surface area contributed by atoms with Crippen molar-refractivity contribution in [3.8, 4) is 0 Å². The van der Waals surface area contributed by atoms with Gasteiger partial charge in [-0.2, -0.15) is 0 Å². The summed E-state index contributed by atoms with van der Waals surface area (Å²) in [6.45, 7) is 2.81. The van der Waals surface area contributed by atoms with Crippen molar-refractivity contribution < 1.29 is 9.47 Å². The Morgan fingerprint density at radius 1 is 1.30 bits per heavy atom. The minimum Gasteiger partial charge on any atom is -0.366 e. The van der Waals surface area contributed by atoms with Crippen molar-refractivity contribution in [3.05, 3.63) is 23.3 Å². The number of hydrogen-bond acceptors (Lipinski definition) is 2. The van der Waals surface area contributed by atoms with E-state index < -0.39 is 0 Å². The zero-order chi connectivity index (χ0) is 6.81. The van der Waals surface area contributed by atoms with Gasteiger partial charge >= 0.3 is 0 Å². The van der Waals surface area contributed by atoms with Crippen molar-refractivity contribution in [2.24, 2.45) is 0 Å². The van der Waals surface area contributed by atoms with Crippen LogP contribution in [0.3, 0.4) is 0 Å². The maximum absolute atomic E-state index is 5.21. The maximum Gasteiger partial charge on any atom is 0.200 e. The highest BCUT2D eigenvalue weighted by Gasteiger charge is 2.24. The predicted octanol–water partition coefficient (Wildman–Crippen LogP) is 0.703. The van der Waals surface area contributed by atoms with Gasteiger partial charge in [-0.05, 0) is 0 Å². The third-order valence-corrected chi connectivity index (χ3v) is 1.73. The molecule has 2 heterocycles. The lowest BCUT2D eigenvalue weighted by Crippen LogP contribution is -2.17. The zero-order valence-electron chi connectivity index (χ0n) is 5.72. The average Bonchev–Trinajstić information content (AvgIpc) is 2.05. The normalized spacial score (nSPS) is 24.0. The van der Waals surface area contributed by atoms with Crippen LogP contribution in [-0.2, 0) is 9.47 Å². The van der Waals surface area contributed by atoms with Gasteiger partial charge in [0.05, 0.1) is 6.61 Å². The summed E-state index contributed by atoms with van der Waals surface area (Å²) >= 11 is 0. The molecule has 2 nitrogen and oxygen atoms in total. The van der Waals surface area contributed by atoms with Crippen molar-refractivity contribution in [2.75, 3.05) is 26.4 Å². The molecule has 2 aliphatic heterocycles. The lowest BCUT2D eigenvalue weighted by Gasteiger charge is -2.11. The first kappa shape index (κ1) is 6.05. The number of rotatable bonds is 0. The minimum atomic E-state index is 0.621. The molecule has 0 saturated heterocycles. The maximum atomic E-state index is 5.21. The van der Waals surface area contributed by atoms with Crippen molar-refractivity contribution in [2.45, 2.75) is 0 Å². The summed E-state index contributed by atoms with van der Waals surface area (Å²) in [6, 6.07) is 0. The molecule has 0 fully saturated rings. The van der Waals surface area contributed by atoms with Gasteiger partial charge < -0.3 is 9.47 Å². The number of ether oxygens (including phenoxy) is 2. The summed E-state index contributed by atoms with van der Waals surface area (Å²) in [4.78, 5) is 0. The Bertz CT molecular complexity index is 169. The summed E-state index contributed by atoms with van der Waals surface area (Å²) < 4.78 is 10.4. The summed E-state index contributed by atoms with van der Waals surface area (Å²) in [5.41, 5.74) is 2.45. The Kier molecular flexibility index (Phi) is 1.52. The highest BCUT2D eigenvalue weighted by atomic mass is 16.5. The second-order valence-electron chi connectivity index (χ2n) is 2.39. The quantitative estimate of drug-likeness (QED) is 0.457. The Morgan fingerprint density at radius 3 is 3.20 bits per heavy atom. The molecule has 10 heavy (non-hydrogen) atoms. The molecule has 2 aliphatic rings. The molecule has 0 saturated carbocycles. The molecular formula is C8H9O2+. The fraction of sp³-hybridized carbons (Fsp3) is 0.500. The van der Waals surface area contributed by atoms with E-state index in [-0.39, 0.29) is 0 Å². The fourth-order valence-electron chi connectivity index (χ4n) is 1.15. The molecule has 0 radical (unpaired) electrons. The van der Waals surface area contributed by atoms with E-state index in [1.165, 1.54) is 11.1 Å². The van der Waals surface area contributed by atoms with Crippen molar-refractivity contribution >= 4 is 0 Å². The summed E-state index contributed by atoms with van der Waals surface area (Å²) in [5.74, 6) is 0. The van der Waals surface area contributed by atoms with Crippen LogP contribution in [0.4, 0.5) is 0 Å². The van der Waals surface area contributed by atoms with E-state index >= 15 is 0 Å². The van der Waals surface area contributed by atoms with E-state index in [1.807, 2.05) is 0 Å². The second kappa shape index (κ2) is 2.51.